The van der Waals surface area contributed by atoms with Crippen LogP contribution in [0.4, 0.5) is 0 Å². The summed E-state index contributed by atoms with van der Waals surface area (Å²) in [6.45, 7) is 4.08. The number of likely N-dealkylation sites (tertiary alicyclic amines) is 1. The fourth-order valence-electron chi connectivity index (χ4n) is 3.68. The topological polar surface area (TPSA) is 49.4 Å². The lowest BCUT2D eigenvalue weighted by Gasteiger charge is -2.31. The minimum absolute atomic E-state index is 0.0272. The number of nitrogens with one attached hydrogen (secondary N) is 1. The summed E-state index contributed by atoms with van der Waals surface area (Å²) < 4.78 is 0. The Hall–Kier alpha value is -1.98. The summed E-state index contributed by atoms with van der Waals surface area (Å²) in [5, 5.41) is 3.75. The normalized spacial score (nSPS) is 15.6. The molecule has 1 unspecified atom stereocenters. The van der Waals surface area contributed by atoms with Gasteiger partial charge in [-0.05, 0) is 42.5 Å². The number of carbonyl (C=O) groups is 2. The molecular weight excluding hydrogens is 416 g/mol. The molecule has 4 nitrogen and oxygen atoms in total. The van der Waals surface area contributed by atoms with E-state index in [1.165, 1.54) is 5.56 Å². The molecule has 0 aliphatic carbocycles. The van der Waals surface area contributed by atoms with E-state index in [1.807, 2.05) is 54.3 Å². The van der Waals surface area contributed by atoms with Crippen LogP contribution in [0.3, 0.4) is 0 Å². The van der Waals surface area contributed by atoms with Crippen LogP contribution in [0.15, 0.2) is 54.6 Å². The molecule has 1 aliphatic rings. The zero-order valence-electron chi connectivity index (χ0n) is 17.4. The Morgan fingerprint density at radius 2 is 1.70 bits per heavy atom. The van der Waals surface area contributed by atoms with Crippen LogP contribution >= 0.6 is 23.4 Å². The third-order valence-corrected chi connectivity index (χ3v) is 6.96. The maximum Gasteiger partial charge on any atom is 0.232 e. The Balaban J connectivity index is 1.57. The molecule has 1 heterocycles. The Kier molecular flexibility index (Phi) is 8.64. The second-order valence-electron chi connectivity index (χ2n) is 7.60. The first kappa shape index (κ1) is 22.7. The van der Waals surface area contributed by atoms with Crippen LogP contribution in [0.2, 0.25) is 5.02 Å². The van der Waals surface area contributed by atoms with Gasteiger partial charge in [-0.1, -0.05) is 61.0 Å². The fraction of sp³-hybridized carbons (Fsp3) is 0.417. The molecule has 2 amide bonds. The number of amides is 2. The van der Waals surface area contributed by atoms with Crippen molar-refractivity contribution >= 4 is 35.2 Å². The maximum absolute atomic E-state index is 12.9. The number of nitrogens with zero attached hydrogens (tertiary/aromatic N) is 1. The number of piperidine rings is 1. The highest BCUT2D eigenvalue weighted by molar-refractivity contribution is 8.00. The van der Waals surface area contributed by atoms with Crippen molar-refractivity contribution in [3.8, 4) is 0 Å². The van der Waals surface area contributed by atoms with Gasteiger partial charge in [0.25, 0.3) is 0 Å². The standard InChI is InChI=1S/C24H29ClN2O2S/c1-2-14-26-24(29)20-12-15-27(16-13-20)22(28)17-30-23(18-6-4-3-5-7-18)19-8-10-21(25)11-9-19/h3-11,20,23H,2,12-17H2,1H3,(H,26,29). The molecule has 1 saturated heterocycles. The van der Waals surface area contributed by atoms with Crippen LogP contribution in [0.1, 0.15) is 42.6 Å². The van der Waals surface area contributed by atoms with E-state index < -0.39 is 0 Å². The van der Waals surface area contributed by atoms with Gasteiger partial charge in [-0.15, -0.1) is 11.8 Å². The maximum atomic E-state index is 12.9. The van der Waals surface area contributed by atoms with E-state index in [4.69, 9.17) is 11.6 Å². The molecule has 6 heteroatoms. The lowest BCUT2D eigenvalue weighted by atomic mass is 9.96. The van der Waals surface area contributed by atoms with Gasteiger partial charge in [0.2, 0.25) is 11.8 Å². The van der Waals surface area contributed by atoms with Gasteiger partial charge in [-0.3, -0.25) is 9.59 Å². The van der Waals surface area contributed by atoms with Crippen LogP contribution in [0.5, 0.6) is 0 Å². The predicted octanol–water partition coefficient (Wildman–Crippen LogP) is 4.93. The largest absolute Gasteiger partial charge is 0.356 e. The molecule has 160 valence electrons. The molecule has 2 aromatic carbocycles. The number of thioether (sulfide) groups is 1. The van der Waals surface area contributed by atoms with Crippen molar-refractivity contribution in [2.75, 3.05) is 25.4 Å². The molecule has 30 heavy (non-hydrogen) atoms. The highest BCUT2D eigenvalue weighted by Gasteiger charge is 2.27. The first-order valence-corrected chi connectivity index (χ1v) is 12.0. The average molecular weight is 445 g/mol. The van der Waals surface area contributed by atoms with Gasteiger partial charge >= 0.3 is 0 Å². The van der Waals surface area contributed by atoms with Crippen molar-refractivity contribution in [3.05, 3.63) is 70.7 Å². The molecule has 0 saturated carbocycles. The molecule has 1 atom stereocenters. The second-order valence-corrected chi connectivity index (χ2v) is 9.13. The third kappa shape index (κ3) is 6.26. The van der Waals surface area contributed by atoms with Crippen molar-refractivity contribution in [3.63, 3.8) is 0 Å². The lowest BCUT2D eigenvalue weighted by molar-refractivity contribution is -0.133. The Morgan fingerprint density at radius 3 is 2.33 bits per heavy atom. The summed E-state index contributed by atoms with van der Waals surface area (Å²) in [7, 11) is 0. The zero-order chi connectivity index (χ0) is 21.3. The molecule has 0 spiro atoms. The van der Waals surface area contributed by atoms with Gasteiger partial charge in [0, 0.05) is 30.6 Å². The van der Waals surface area contributed by atoms with Crippen LogP contribution in [-0.4, -0.2) is 42.1 Å². The number of rotatable bonds is 8. The van der Waals surface area contributed by atoms with E-state index in [1.54, 1.807) is 11.8 Å². The lowest BCUT2D eigenvalue weighted by Crippen LogP contribution is -2.43. The van der Waals surface area contributed by atoms with Crippen LogP contribution < -0.4 is 5.32 Å². The molecule has 1 N–H and O–H groups in total. The summed E-state index contributed by atoms with van der Waals surface area (Å²) in [6.07, 6.45) is 2.42. The van der Waals surface area contributed by atoms with E-state index in [0.717, 1.165) is 31.4 Å². The summed E-state index contributed by atoms with van der Waals surface area (Å²) in [5.74, 6) is 0.710. The monoisotopic (exact) mass is 444 g/mol. The first-order valence-electron chi connectivity index (χ1n) is 10.6. The number of benzene rings is 2. The molecule has 0 bridgehead atoms. The van der Waals surface area contributed by atoms with E-state index in [2.05, 4.69) is 17.4 Å². The van der Waals surface area contributed by atoms with Crippen molar-refractivity contribution in [2.24, 2.45) is 5.92 Å². The molecule has 0 aromatic heterocycles. The van der Waals surface area contributed by atoms with Gasteiger partial charge in [0.05, 0.1) is 11.0 Å². The van der Waals surface area contributed by atoms with Gasteiger partial charge in [-0.2, -0.15) is 0 Å². The second kappa shape index (κ2) is 11.4. The highest BCUT2D eigenvalue weighted by Crippen LogP contribution is 2.36. The van der Waals surface area contributed by atoms with Gasteiger partial charge < -0.3 is 10.2 Å². The number of hydrogen-bond acceptors (Lipinski definition) is 3. The van der Waals surface area contributed by atoms with Crippen molar-refractivity contribution in [2.45, 2.75) is 31.4 Å². The average Bonchev–Trinajstić information content (AvgIpc) is 2.79. The van der Waals surface area contributed by atoms with Crippen molar-refractivity contribution < 1.29 is 9.59 Å². The Labute approximate surface area is 188 Å². The number of carbonyl (C=O) groups excluding carboxylic acids is 2. The van der Waals surface area contributed by atoms with Crippen molar-refractivity contribution in [1.29, 1.82) is 0 Å². The van der Waals surface area contributed by atoms with Gasteiger partial charge in [0.1, 0.15) is 0 Å². The highest BCUT2D eigenvalue weighted by atomic mass is 35.5. The minimum Gasteiger partial charge on any atom is -0.356 e. The summed E-state index contributed by atoms with van der Waals surface area (Å²) in [6, 6.07) is 18.1. The van der Waals surface area contributed by atoms with Crippen molar-refractivity contribution in [1.82, 2.24) is 10.2 Å². The van der Waals surface area contributed by atoms with E-state index >= 15 is 0 Å². The zero-order valence-corrected chi connectivity index (χ0v) is 18.9. The quantitative estimate of drug-likeness (QED) is 0.628. The molecule has 1 fully saturated rings. The van der Waals surface area contributed by atoms with Crippen LogP contribution in [0.25, 0.3) is 0 Å². The first-order chi connectivity index (χ1) is 14.6. The Morgan fingerprint density at radius 1 is 1.07 bits per heavy atom. The number of hydrogen-bond donors (Lipinski definition) is 1. The van der Waals surface area contributed by atoms with Crippen LogP contribution in [-0.2, 0) is 9.59 Å². The van der Waals surface area contributed by atoms with E-state index in [-0.39, 0.29) is 23.0 Å². The van der Waals surface area contributed by atoms with Crippen LogP contribution in [0, 0.1) is 5.92 Å². The summed E-state index contributed by atoms with van der Waals surface area (Å²) in [4.78, 5) is 26.9. The summed E-state index contributed by atoms with van der Waals surface area (Å²) >= 11 is 7.70. The molecule has 3 rings (SSSR count). The SMILES string of the molecule is CCCNC(=O)C1CCN(C(=O)CSC(c2ccccc2)c2ccc(Cl)cc2)CC1. The molecule has 1 aliphatic heterocycles. The summed E-state index contributed by atoms with van der Waals surface area (Å²) in [5.41, 5.74) is 2.30. The van der Waals surface area contributed by atoms with Gasteiger partial charge in [-0.25, -0.2) is 0 Å². The fourth-order valence-corrected chi connectivity index (χ4v) is 5.00. The molecule has 0 radical (unpaired) electrons. The number of halogens is 1. The predicted molar refractivity (Wildman–Crippen MR) is 125 cm³/mol. The third-order valence-electron chi connectivity index (χ3n) is 5.42. The smallest absolute Gasteiger partial charge is 0.232 e. The molecule has 2 aromatic rings. The molecular formula is C24H29ClN2O2S. The van der Waals surface area contributed by atoms with Gasteiger partial charge in [0.15, 0.2) is 0 Å². The van der Waals surface area contributed by atoms with E-state index in [9.17, 15) is 9.59 Å². The minimum atomic E-state index is 0.0272. The Bertz CT molecular complexity index is 821. The van der Waals surface area contributed by atoms with E-state index in [0.29, 0.717) is 23.9 Å².